The van der Waals surface area contributed by atoms with Crippen molar-refractivity contribution in [3.8, 4) is 23.0 Å². The minimum absolute atomic E-state index is 0.351. The fraction of sp³-hybridized carbons (Fsp3) is 0.278. The van der Waals surface area contributed by atoms with Gasteiger partial charge in [-0.3, -0.25) is 0 Å². The van der Waals surface area contributed by atoms with Crippen molar-refractivity contribution in [1.29, 1.82) is 0 Å². The van der Waals surface area contributed by atoms with Crippen LogP contribution < -0.4 is 9.47 Å². The van der Waals surface area contributed by atoms with E-state index in [2.05, 4.69) is 15.1 Å². The highest BCUT2D eigenvalue weighted by atomic mass is 35.5. The maximum absolute atomic E-state index is 5.97. The van der Waals surface area contributed by atoms with Crippen molar-refractivity contribution < 1.29 is 14.0 Å². The van der Waals surface area contributed by atoms with Gasteiger partial charge in [-0.15, -0.1) is 0 Å². The largest absolute Gasteiger partial charge is 0.478 e. The number of halogens is 1. The van der Waals surface area contributed by atoms with Gasteiger partial charge in [-0.25, -0.2) is 4.98 Å². The maximum Gasteiger partial charge on any atom is 0.270 e. The smallest absolute Gasteiger partial charge is 0.270 e. The number of nitrogens with zero attached hydrogens (tertiary/aromatic N) is 3. The third kappa shape index (κ3) is 3.91. The number of rotatable bonds is 6. The van der Waals surface area contributed by atoms with Gasteiger partial charge in [0, 0.05) is 11.2 Å². The molecule has 0 aliphatic rings. The van der Waals surface area contributed by atoms with Crippen molar-refractivity contribution in [2.45, 2.75) is 26.4 Å². The standard InChI is InChI=1S/C18H18ClN3O3/c1-4-23-16-14(6-5-11-20-16)15-21-17(25-22-15)18(2,3)24-13-9-7-12(19)8-10-13/h5-11H,4H2,1-3H3. The fourth-order valence-corrected chi connectivity index (χ4v) is 2.36. The predicted octanol–water partition coefficient (Wildman–Crippen LogP) is 4.50. The molecule has 7 heteroatoms. The lowest BCUT2D eigenvalue weighted by Gasteiger charge is -2.22. The Kier molecular flexibility index (Phi) is 4.90. The zero-order chi connectivity index (χ0) is 17.9. The summed E-state index contributed by atoms with van der Waals surface area (Å²) >= 11 is 5.90. The van der Waals surface area contributed by atoms with E-state index in [1.54, 1.807) is 36.5 Å². The molecule has 0 amide bonds. The van der Waals surface area contributed by atoms with Crippen molar-refractivity contribution in [2.75, 3.05) is 6.61 Å². The predicted molar refractivity (Wildman–Crippen MR) is 93.8 cm³/mol. The van der Waals surface area contributed by atoms with Gasteiger partial charge in [-0.05, 0) is 57.2 Å². The highest BCUT2D eigenvalue weighted by Gasteiger charge is 2.31. The van der Waals surface area contributed by atoms with Crippen LogP contribution in [-0.2, 0) is 5.60 Å². The molecule has 0 radical (unpaired) electrons. The minimum atomic E-state index is -0.812. The van der Waals surface area contributed by atoms with Gasteiger partial charge in [-0.1, -0.05) is 16.8 Å². The summed E-state index contributed by atoms with van der Waals surface area (Å²) in [5.74, 6) is 1.88. The van der Waals surface area contributed by atoms with Crippen LogP contribution in [0.2, 0.25) is 5.02 Å². The van der Waals surface area contributed by atoms with Gasteiger partial charge >= 0.3 is 0 Å². The molecule has 6 nitrogen and oxygen atoms in total. The summed E-state index contributed by atoms with van der Waals surface area (Å²) in [5.41, 5.74) is -0.144. The summed E-state index contributed by atoms with van der Waals surface area (Å²) in [4.78, 5) is 8.66. The Bertz CT molecular complexity index is 847. The summed E-state index contributed by atoms with van der Waals surface area (Å²) in [6.45, 7) is 6.10. The first-order valence-electron chi connectivity index (χ1n) is 7.86. The number of ether oxygens (including phenoxy) is 2. The quantitative estimate of drug-likeness (QED) is 0.645. The minimum Gasteiger partial charge on any atom is -0.478 e. The van der Waals surface area contributed by atoms with Crippen LogP contribution in [0.5, 0.6) is 11.6 Å². The van der Waals surface area contributed by atoms with Crippen LogP contribution >= 0.6 is 11.6 Å². The van der Waals surface area contributed by atoms with E-state index < -0.39 is 5.60 Å². The highest BCUT2D eigenvalue weighted by molar-refractivity contribution is 6.30. The molecule has 1 aromatic carbocycles. The summed E-state index contributed by atoms with van der Waals surface area (Å²) in [7, 11) is 0. The summed E-state index contributed by atoms with van der Waals surface area (Å²) in [5, 5.41) is 4.69. The number of pyridine rings is 1. The van der Waals surface area contributed by atoms with E-state index in [4.69, 9.17) is 25.6 Å². The Hall–Kier alpha value is -2.60. The van der Waals surface area contributed by atoms with E-state index in [-0.39, 0.29) is 0 Å². The molecule has 0 saturated carbocycles. The Morgan fingerprint density at radius 1 is 1.16 bits per heavy atom. The summed E-state index contributed by atoms with van der Waals surface area (Å²) in [6.07, 6.45) is 1.66. The number of benzene rings is 1. The number of hydrogen-bond acceptors (Lipinski definition) is 6. The van der Waals surface area contributed by atoms with E-state index in [0.717, 1.165) is 0 Å². The Balaban J connectivity index is 1.86. The van der Waals surface area contributed by atoms with E-state index >= 15 is 0 Å². The summed E-state index contributed by atoms with van der Waals surface area (Å²) < 4.78 is 16.9. The van der Waals surface area contributed by atoms with E-state index in [1.165, 1.54) is 0 Å². The zero-order valence-electron chi connectivity index (χ0n) is 14.2. The van der Waals surface area contributed by atoms with Crippen LogP contribution in [-0.4, -0.2) is 21.7 Å². The lowest BCUT2D eigenvalue weighted by Crippen LogP contribution is -2.25. The Morgan fingerprint density at radius 3 is 2.64 bits per heavy atom. The first kappa shape index (κ1) is 17.2. The first-order chi connectivity index (χ1) is 12.0. The topological polar surface area (TPSA) is 70.3 Å². The van der Waals surface area contributed by atoms with Crippen LogP contribution in [0.1, 0.15) is 26.7 Å². The second kappa shape index (κ2) is 7.11. The molecular formula is C18H18ClN3O3. The van der Waals surface area contributed by atoms with Crippen molar-refractivity contribution >= 4 is 11.6 Å². The fourth-order valence-electron chi connectivity index (χ4n) is 2.23. The molecule has 25 heavy (non-hydrogen) atoms. The lowest BCUT2D eigenvalue weighted by molar-refractivity contribution is 0.0692. The SMILES string of the molecule is CCOc1ncccc1-c1noc(C(C)(C)Oc2ccc(Cl)cc2)n1. The summed E-state index contributed by atoms with van der Waals surface area (Å²) in [6, 6.07) is 10.7. The molecule has 0 fully saturated rings. The molecule has 2 aromatic heterocycles. The third-order valence-electron chi connectivity index (χ3n) is 3.42. The molecule has 3 rings (SSSR count). The van der Waals surface area contributed by atoms with E-state index in [1.807, 2.05) is 26.8 Å². The zero-order valence-corrected chi connectivity index (χ0v) is 14.9. The van der Waals surface area contributed by atoms with Gasteiger partial charge in [0.1, 0.15) is 5.75 Å². The number of aromatic nitrogens is 3. The van der Waals surface area contributed by atoms with Gasteiger partial charge in [-0.2, -0.15) is 4.98 Å². The second-order valence-corrected chi connectivity index (χ2v) is 6.21. The molecule has 0 N–H and O–H groups in total. The molecule has 0 aliphatic heterocycles. The molecular weight excluding hydrogens is 342 g/mol. The van der Waals surface area contributed by atoms with Crippen LogP contribution in [0.3, 0.4) is 0 Å². The monoisotopic (exact) mass is 359 g/mol. The average Bonchev–Trinajstić information content (AvgIpc) is 3.08. The molecule has 0 unspecified atom stereocenters. The van der Waals surface area contributed by atoms with Crippen LogP contribution in [0.15, 0.2) is 47.1 Å². The Labute approximate surface area is 150 Å². The van der Waals surface area contributed by atoms with Crippen molar-refractivity contribution in [3.63, 3.8) is 0 Å². The highest BCUT2D eigenvalue weighted by Crippen LogP contribution is 2.31. The first-order valence-corrected chi connectivity index (χ1v) is 8.24. The Morgan fingerprint density at radius 2 is 1.92 bits per heavy atom. The van der Waals surface area contributed by atoms with Crippen LogP contribution in [0, 0.1) is 0 Å². The van der Waals surface area contributed by atoms with Crippen molar-refractivity contribution in [3.05, 3.63) is 53.5 Å². The molecule has 130 valence electrons. The van der Waals surface area contributed by atoms with Crippen molar-refractivity contribution in [1.82, 2.24) is 15.1 Å². The van der Waals surface area contributed by atoms with Gasteiger partial charge in [0.05, 0.1) is 12.2 Å². The molecule has 2 heterocycles. The molecule has 0 aliphatic carbocycles. The third-order valence-corrected chi connectivity index (χ3v) is 3.67. The second-order valence-electron chi connectivity index (χ2n) is 5.78. The lowest BCUT2D eigenvalue weighted by atomic mass is 10.1. The van der Waals surface area contributed by atoms with E-state index in [9.17, 15) is 0 Å². The van der Waals surface area contributed by atoms with Crippen LogP contribution in [0.4, 0.5) is 0 Å². The molecule has 0 atom stereocenters. The maximum atomic E-state index is 5.97. The van der Waals surface area contributed by atoms with Gasteiger partial charge in [0.25, 0.3) is 5.89 Å². The van der Waals surface area contributed by atoms with Gasteiger partial charge in [0.2, 0.25) is 11.7 Å². The van der Waals surface area contributed by atoms with E-state index in [0.29, 0.717) is 40.5 Å². The van der Waals surface area contributed by atoms with Gasteiger partial charge in [0.15, 0.2) is 5.60 Å². The molecule has 0 spiro atoms. The molecule has 0 saturated heterocycles. The molecule has 3 aromatic rings. The van der Waals surface area contributed by atoms with Crippen LogP contribution in [0.25, 0.3) is 11.4 Å². The number of hydrogen-bond donors (Lipinski definition) is 0. The molecule has 0 bridgehead atoms. The van der Waals surface area contributed by atoms with Crippen molar-refractivity contribution in [2.24, 2.45) is 0 Å². The van der Waals surface area contributed by atoms with Gasteiger partial charge < -0.3 is 14.0 Å². The normalized spacial score (nSPS) is 11.4. The average molecular weight is 360 g/mol.